The van der Waals surface area contributed by atoms with E-state index in [-0.39, 0.29) is 18.2 Å². The average molecular weight is 413 g/mol. The molecule has 1 aliphatic heterocycles. The lowest BCUT2D eigenvalue weighted by atomic mass is 9.81. The van der Waals surface area contributed by atoms with Crippen LogP contribution < -0.4 is 10.2 Å². The second-order valence-electron chi connectivity index (χ2n) is 7.43. The second-order valence-corrected chi connectivity index (χ2v) is 7.43. The van der Waals surface area contributed by atoms with Crippen molar-refractivity contribution in [3.8, 4) is 5.75 Å². The van der Waals surface area contributed by atoms with Crippen molar-refractivity contribution in [3.05, 3.63) is 69.8 Å². The van der Waals surface area contributed by atoms with E-state index in [9.17, 15) is 19.7 Å². The van der Waals surface area contributed by atoms with Gasteiger partial charge in [0.1, 0.15) is 18.4 Å². The number of ether oxygens (including phenoxy) is 1. The van der Waals surface area contributed by atoms with E-state index < -0.39 is 22.3 Å². The number of nitrogens with one attached hydrogen (secondary N) is 1. The maximum Gasteiger partial charge on any atom is 0.276 e. The highest BCUT2D eigenvalue weighted by Crippen LogP contribution is 2.37. The van der Waals surface area contributed by atoms with Crippen molar-refractivity contribution in [1.82, 2.24) is 10.4 Å². The van der Waals surface area contributed by atoms with Crippen LogP contribution in [-0.4, -0.2) is 39.4 Å². The summed E-state index contributed by atoms with van der Waals surface area (Å²) in [6.07, 6.45) is 0.533. The minimum Gasteiger partial charge on any atom is -0.489 e. The molecule has 2 N–H and O–H groups in total. The van der Waals surface area contributed by atoms with E-state index >= 15 is 0 Å². The summed E-state index contributed by atoms with van der Waals surface area (Å²) in [6, 6.07) is 12.6. The minimum absolute atomic E-state index is 0.000638. The largest absolute Gasteiger partial charge is 0.489 e. The molecule has 0 spiro atoms. The van der Waals surface area contributed by atoms with Gasteiger partial charge in [-0.25, -0.2) is 5.48 Å². The standard InChI is InChI=1S/C21H23N3O6/c1-14(19(25)22-27)23-12-11-21(2,20(23)26)16-7-9-17(10-8-16)30-13-15-5-3-4-6-18(15)24(28)29/h3-10,14,27H,11-13H2,1-2H3,(H,22,25). The molecular formula is C21H23N3O6. The lowest BCUT2D eigenvalue weighted by Gasteiger charge is -2.27. The molecule has 2 aromatic rings. The molecular weight excluding hydrogens is 390 g/mol. The number of likely N-dealkylation sites (tertiary alicyclic amines) is 1. The minimum atomic E-state index is -0.791. The highest BCUT2D eigenvalue weighted by molar-refractivity contribution is 5.94. The number of benzene rings is 2. The van der Waals surface area contributed by atoms with Crippen LogP contribution in [0.2, 0.25) is 0 Å². The third kappa shape index (κ3) is 3.97. The van der Waals surface area contributed by atoms with Crippen molar-refractivity contribution in [2.24, 2.45) is 0 Å². The predicted molar refractivity (Wildman–Crippen MR) is 107 cm³/mol. The first kappa shape index (κ1) is 21.3. The summed E-state index contributed by atoms with van der Waals surface area (Å²) in [7, 11) is 0. The van der Waals surface area contributed by atoms with Gasteiger partial charge in [0.2, 0.25) is 5.91 Å². The topological polar surface area (TPSA) is 122 Å². The molecule has 1 aliphatic rings. The predicted octanol–water partition coefficient (Wildman–Crippen LogP) is 2.56. The Morgan fingerprint density at radius 2 is 1.97 bits per heavy atom. The molecule has 30 heavy (non-hydrogen) atoms. The van der Waals surface area contributed by atoms with E-state index in [0.29, 0.717) is 24.3 Å². The molecule has 2 unspecified atom stereocenters. The Kier molecular flexibility index (Phi) is 6.02. The van der Waals surface area contributed by atoms with Crippen LogP contribution in [0.25, 0.3) is 0 Å². The number of hydrogen-bond acceptors (Lipinski definition) is 6. The van der Waals surface area contributed by atoms with Gasteiger partial charge in [-0.3, -0.25) is 24.9 Å². The molecule has 1 saturated heterocycles. The Balaban J connectivity index is 1.71. The number of hydrogen-bond donors (Lipinski definition) is 2. The quantitative estimate of drug-likeness (QED) is 0.409. The maximum atomic E-state index is 13.0. The Bertz CT molecular complexity index is 961. The number of nitro benzene ring substituents is 1. The van der Waals surface area contributed by atoms with Crippen molar-refractivity contribution >= 4 is 17.5 Å². The lowest BCUT2D eigenvalue weighted by molar-refractivity contribution is -0.385. The van der Waals surface area contributed by atoms with Gasteiger partial charge in [-0.05, 0) is 44.0 Å². The van der Waals surface area contributed by atoms with E-state index in [2.05, 4.69) is 0 Å². The molecule has 0 saturated carbocycles. The molecule has 1 heterocycles. The molecule has 3 rings (SSSR count). The first-order chi connectivity index (χ1) is 14.3. The number of carbonyl (C=O) groups excluding carboxylic acids is 2. The molecule has 0 radical (unpaired) electrons. The summed E-state index contributed by atoms with van der Waals surface area (Å²) in [5.74, 6) is -0.297. The summed E-state index contributed by atoms with van der Waals surface area (Å²) in [5, 5.41) is 19.9. The molecule has 2 aromatic carbocycles. The molecule has 1 fully saturated rings. The summed E-state index contributed by atoms with van der Waals surface area (Å²) >= 11 is 0. The maximum absolute atomic E-state index is 13.0. The summed E-state index contributed by atoms with van der Waals surface area (Å²) in [6.45, 7) is 3.84. The second kappa shape index (κ2) is 8.50. The fourth-order valence-electron chi connectivity index (χ4n) is 3.63. The van der Waals surface area contributed by atoms with Crippen LogP contribution in [0.5, 0.6) is 5.75 Å². The molecule has 9 nitrogen and oxygen atoms in total. The highest BCUT2D eigenvalue weighted by Gasteiger charge is 2.46. The van der Waals surface area contributed by atoms with Crippen molar-refractivity contribution < 1.29 is 24.5 Å². The highest BCUT2D eigenvalue weighted by atomic mass is 16.6. The van der Waals surface area contributed by atoms with Gasteiger partial charge in [-0.2, -0.15) is 0 Å². The van der Waals surface area contributed by atoms with Gasteiger partial charge in [0.25, 0.3) is 11.6 Å². The van der Waals surface area contributed by atoms with Gasteiger partial charge in [-0.1, -0.05) is 24.3 Å². The molecule has 2 amide bonds. The van der Waals surface area contributed by atoms with Crippen LogP contribution in [0.1, 0.15) is 31.4 Å². The van der Waals surface area contributed by atoms with Gasteiger partial charge in [0.15, 0.2) is 0 Å². The molecule has 0 aromatic heterocycles. The zero-order chi connectivity index (χ0) is 21.9. The van der Waals surface area contributed by atoms with Crippen LogP contribution >= 0.6 is 0 Å². The first-order valence-corrected chi connectivity index (χ1v) is 9.48. The molecule has 0 aliphatic carbocycles. The Labute approximate surface area is 173 Å². The van der Waals surface area contributed by atoms with Crippen LogP contribution in [0.3, 0.4) is 0 Å². The number of rotatable bonds is 7. The number of hydroxylamine groups is 1. The van der Waals surface area contributed by atoms with Gasteiger partial charge in [0.05, 0.1) is 15.9 Å². The molecule has 158 valence electrons. The Hall–Kier alpha value is -3.46. The van der Waals surface area contributed by atoms with Gasteiger partial charge >= 0.3 is 0 Å². The normalized spacial score (nSPS) is 19.4. The van der Waals surface area contributed by atoms with Gasteiger partial charge in [-0.15, -0.1) is 0 Å². The van der Waals surface area contributed by atoms with Gasteiger partial charge < -0.3 is 9.64 Å². The number of nitrogens with zero attached hydrogens (tertiary/aromatic N) is 2. The molecule has 9 heteroatoms. The first-order valence-electron chi connectivity index (χ1n) is 9.48. The van der Waals surface area contributed by atoms with Crippen molar-refractivity contribution in [3.63, 3.8) is 0 Å². The number of nitro groups is 1. The summed E-state index contributed by atoms with van der Waals surface area (Å²) < 4.78 is 5.69. The van der Waals surface area contributed by atoms with Crippen molar-refractivity contribution in [2.75, 3.05) is 6.54 Å². The summed E-state index contributed by atoms with van der Waals surface area (Å²) in [4.78, 5) is 36.7. The SMILES string of the molecule is CC(C(=O)NO)N1CCC(C)(c2ccc(OCc3ccccc3[N+](=O)[O-])cc2)C1=O. The fourth-order valence-corrected chi connectivity index (χ4v) is 3.63. The van der Waals surface area contributed by atoms with Crippen LogP contribution in [0, 0.1) is 10.1 Å². The van der Waals surface area contributed by atoms with Crippen molar-refractivity contribution in [1.29, 1.82) is 0 Å². The average Bonchev–Trinajstić information content (AvgIpc) is 3.07. The van der Waals surface area contributed by atoms with E-state index in [1.165, 1.54) is 11.0 Å². The Morgan fingerprint density at radius 3 is 2.60 bits per heavy atom. The van der Waals surface area contributed by atoms with Gasteiger partial charge in [0, 0.05) is 12.6 Å². The Morgan fingerprint density at radius 1 is 1.30 bits per heavy atom. The third-order valence-corrected chi connectivity index (χ3v) is 5.62. The third-order valence-electron chi connectivity index (χ3n) is 5.62. The van der Waals surface area contributed by atoms with E-state index in [0.717, 1.165) is 5.56 Å². The lowest BCUT2D eigenvalue weighted by Crippen LogP contribution is -2.47. The smallest absolute Gasteiger partial charge is 0.276 e. The number of carbonyl (C=O) groups is 2. The van der Waals surface area contributed by atoms with Crippen LogP contribution in [0.4, 0.5) is 5.69 Å². The zero-order valence-corrected chi connectivity index (χ0v) is 16.7. The zero-order valence-electron chi connectivity index (χ0n) is 16.7. The molecule has 0 bridgehead atoms. The molecule has 2 atom stereocenters. The van der Waals surface area contributed by atoms with Crippen molar-refractivity contribution in [2.45, 2.75) is 38.3 Å². The fraction of sp³-hybridized carbons (Fsp3) is 0.333. The number of para-hydroxylation sites is 1. The van der Waals surface area contributed by atoms with E-state index in [1.54, 1.807) is 54.9 Å². The van der Waals surface area contributed by atoms with Crippen LogP contribution in [-0.2, 0) is 21.6 Å². The monoisotopic (exact) mass is 413 g/mol. The summed E-state index contributed by atoms with van der Waals surface area (Å²) in [5.41, 5.74) is 2.04. The van der Waals surface area contributed by atoms with E-state index in [1.807, 2.05) is 6.92 Å². The van der Waals surface area contributed by atoms with Crippen LogP contribution in [0.15, 0.2) is 48.5 Å². The number of amides is 2. The van der Waals surface area contributed by atoms with E-state index in [4.69, 9.17) is 9.94 Å².